The Morgan fingerprint density at radius 1 is 0.968 bits per heavy atom. The summed E-state index contributed by atoms with van der Waals surface area (Å²) in [6.45, 7) is 6.26. The third-order valence-electron chi connectivity index (χ3n) is 2.95. The van der Waals surface area contributed by atoms with Crippen LogP contribution in [0.2, 0.25) is 0 Å². The van der Waals surface area contributed by atoms with Gasteiger partial charge in [-0.05, 0) is 35.9 Å². The number of anilines is 2. The Morgan fingerprint density at radius 2 is 1.42 bits per heavy atom. The van der Waals surface area contributed by atoms with E-state index in [1.165, 1.54) is 0 Å². The van der Waals surface area contributed by atoms with Gasteiger partial charge in [0.05, 0.1) is 9.85 Å². The molecule has 0 spiro atoms. The molecule has 2 aromatic rings. The molecule has 0 fully saturated rings. The highest BCUT2D eigenvalue weighted by molar-refractivity contribution is 6.66. The molecule has 13 heteroatoms. The summed E-state index contributed by atoms with van der Waals surface area (Å²) in [5.41, 5.74) is 4.15. The van der Waals surface area contributed by atoms with Gasteiger partial charge in [0.1, 0.15) is 23.0 Å². The molecule has 31 heavy (non-hydrogen) atoms. The lowest BCUT2D eigenvalue weighted by atomic mass is 10.2. The zero-order chi connectivity index (χ0) is 24.1. The van der Waals surface area contributed by atoms with Crippen molar-refractivity contribution in [1.82, 2.24) is 0 Å². The van der Waals surface area contributed by atoms with Crippen LogP contribution in [0.4, 0.5) is 31.5 Å². The fraction of sp³-hybridized carbons (Fsp3) is 0. The van der Waals surface area contributed by atoms with Gasteiger partial charge in [0.15, 0.2) is 0 Å². The van der Waals surface area contributed by atoms with Crippen molar-refractivity contribution in [2.45, 2.75) is 0 Å². The minimum absolute atomic E-state index is 0.157. The maximum Gasteiger partial charge on any atom is 0.292 e. The van der Waals surface area contributed by atoms with Gasteiger partial charge < -0.3 is 11.1 Å². The molecule has 2 aromatic carbocycles. The summed E-state index contributed by atoms with van der Waals surface area (Å²) in [5, 5.41) is 22.3. The number of carbonyl (C=O) groups excluding carboxylic acids is 2. The zero-order valence-corrected chi connectivity index (χ0v) is 16.3. The number of amides is 1. The van der Waals surface area contributed by atoms with Crippen LogP contribution in [0.15, 0.2) is 61.7 Å². The van der Waals surface area contributed by atoms with Crippen molar-refractivity contribution in [2.75, 3.05) is 11.1 Å². The first-order valence-electron chi connectivity index (χ1n) is 7.81. The number of nitrogens with two attached hydrogens (primary N) is 1. The summed E-state index contributed by atoms with van der Waals surface area (Å²) >= 11 is 4.71. The molecule has 164 valence electrons. The standard InChI is InChI=1S/C9H7FN2O3.C6H5FN2O2.C3H3ClO/c1-2-9(13)11-7-5-6(10)3-4-8(7)12(14)15;7-4-1-2-6(9(10)11)5(8)3-4;1-2-3(4)5/h2-5H,1H2,(H,11,13);1-3H,8H2;2H,1H2. The van der Waals surface area contributed by atoms with Gasteiger partial charge in [-0.3, -0.25) is 29.8 Å². The predicted molar refractivity (Wildman–Crippen MR) is 110 cm³/mol. The van der Waals surface area contributed by atoms with Crippen molar-refractivity contribution in [3.8, 4) is 0 Å². The number of hydrogen-bond donors (Lipinski definition) is 2. The Balaban J connectivity index is 0.000000492. The van der Waals surface area contributed by atoms with Gasteiger partial charge in [0.2, 0.25) is 11.1 Å². The molecule has 0 heterocycles. The Morgan fingerprint density at radius 3 is 1.81 bits per heavy atom. The molecular formula is C18H15ClF2N4O6. The Kier molecular flexibility index (Phi) is 11.3. The molecule has 2 rings (SSSR count). The molecule has 1 amide bonds. The average molecular weight is 457 g/mol. The normalized spacial score (nSPS) is 9.00. The summed E-state index contributed by atoms with van der Waals surface area (Å²) in [4.78, 5) is 39.6. The lowest BCUT2D eigenvalue weighted by Gasteiger charge is -2.02. The van der Waals surface area contributed by atoms with Crippen LogP contribution in [-0.4, -0.2) is 21.0 Å². The van der Waals surface area contributed by atoms with E-state index in [0.29, 0.717) is 0 Å². The number of nitrogen functional groups attached to an aromatic ring is 1. The van der Waals surface area contributed by atoms with Crippen molar-refractivity contribution in [3.63, 3.8) is 0 Å². The van der Waals surface area contributed by atoms with E-state index in [0.717, 1.165) is 48.6 Å². The van der Waals surface area contributed by atoms with Gasteiger partial charge in [-0.1, -0.05) is 13.2 Å². The second-order valence-electron chi connectivity index (χ2n) is 5.08. The number of nitrogens with zero attached hydrogens (tertiary/aromatic N) is 2. The van der Waals surface area contributed by atoms with E-state index in [9.17, 15) is 38.6 Å². The van der Waals surface area contributed by atoms with Crippen molar-refractivity contribution in [3.05, 3.63) is 93.6 Å². The van der Waals surface area contributed by atoms with Gasteiger partial charge >= 0.3 is 0 Å². The number of nitro benzene ring substituents is 2. The first kappa shape index (κ1) is 26.8. The number of halogens is 3. The molecule has 0 bridgehead atoms. The molecule has 0 aliphatic rings. The van der Waals surface area contributed by atoms with Gasteiger partial charge in [0.25, 0.3) is 11.4 Å². The summed E-state index contributed by atoms with van der Waals surface area (Å²) in [6.07, 6.45) is 1.98. The molecule has 0 aliphatic heterocycles. The monoisotopic (exact) mass is 456 g/mol. The fourth-order valence-electron chi connectivity index (χ4n) is 1.64. The minimum atomic E-state index is -0.710. The molecule has 0 unspecified atom stereocenters. The van der Waals surface area contributed by atoms with Crippen molar-refractivity contribution >= 4 is 45.5 Å². The maximum atomic E-state index is 12.8. The Hall–Kier alpha value is -4.19. The van der Waals surface area contributed by atoms with Gasteiger partial charge in [-0.15, -0.1) is 0 Å². The van der Waals surface area contributed by atoms with Crippen molar-refractivity contribution in [2.24, 2.45) is 0 Å². The number of allylic oxidation sites excluding steroid dienone is 1. The maximum absolute atomic E-state index is 12.8. The van der Waals surface area contributed by atoms with Crippen molar-refractivity contribution < 1.29 is 28.2 Å². The second-order valence-corrected chi connectivity index (χ2v) is 5.45. The summed E-state index contributed by atoms with van der Waals surface area (Å²) in [6, 6.07) is 5.74. The minimum Gasteiger partial charge on any atom is -0.393 e. The quantitative estimate of drug-likeness (QED) is 0.225. The number of benzene rings is 2. The molecule has 0 atom stereocenters. The van der Waals surface area contributed by atoms with E-state index < -0.39 is 32.6 Å². The van der Waals surface area contributed by atoms with Crippen LogP contribution in [0.3, 0.4) is 0 Å². The third-order valence-corrected chi connectivity index (χ3v) is 3.10. The molecular weight excluding hydrogens is 442 g/mol. The van der Waals surface area contributed by atoms with Crippen LogP contribution >= 0.6 is 11.6 Å². The fourth-order valence-corrected chi connectivity index (χ4v) is 1.64. The summed E-state index contributed by atoms with van der Waals surface area (Å²) in [5.74, 6) is -1.88. The van der Waals surface area contributed by atoms with E-state index in [1.807, 2.05) is 0 Å². The zero-order valence-electron chi connectivity index (χ0n) is 15.6. The van der Waals surface area contributed by atoms with Crippen LogP contribution in [0.1, 0.15) is 0 Å². The van der Waals surface area contributed by atoms with E-state index >= 15 is 0 Å². The molecule has 0 aliphatic carbocycles. The smallest absolute Gasteiger partial charge is 0.292 e. The molecule has 0 saturated heterocycles. The predicted octanol–water partition coefficient (Wildman–Crippen LogP) is 4.11. The first-order valence-corrected chi connectivity index (χ1v) is 8.19. The van der Waals surface area contributed by atoms with Gasteiger partial charge in [-0.2, -0.15) is 0 Å². The number of rotatable bonds is 5. The largest absolute Gasteiger partial charge is 0.393 e. The number of nitrogens with one attached hydrogen (secondary N) is 1. The summed E-state index contributed by atoms with van der Waals surface area (Å²) in [7, 11) is 0. The lowest BCUT2D eigenvalue weighted by molar-refractivity contribution is -0.384. The van der Waals surface area contributed by atoms with Crippen LogP contribution in [-0.2, 0) is 9.59 Å². The molecule has 10 nitrogen and oxygen atoms in total. The highest BCUT2D eigenvalue weighted by atomic mass is 35.5. The number of hydrogen-bond acceptors (Lipinski definition) is 7. The van der Waals surface area contributed by atoms with E-state index in [-0.39, 0.29) is 22.7 Å². The van der Waals surface area contributed by atoms with Gasteiger partial charge in [-0.25, -0.2) is 8.78 Å². The molecule has 3 N–H and O–H groups in total. The topological polar surface area (TPSA) is 158 Å². The molecule has 0 saturated carbocycles. The number of carbonyl (C=O) groups is 2. The highest BCUT2D eigenvalue weighted by Crippen LogP contribution is 2.24. The SMILES string of the molecule is C=CC(=O)Cl.C=CC(=O)Nc1cc(F)ccc1[N+](=O)[O-].Nc1cc(F)ccc1[N+](=O)[O-]. The van der Waals surface area contributed by atoms with Crippen LogP contribution < -0.4 is 11.1 Å². The van der Waals surface area contributed by atoms with Gasteiger partial charge in [0, 0.05) is 24.3 Å². The van der Waals surface area contributed by atoms with E-state index in [2.05, 4.69) is 18.5 Å². The van der Waals surface area contributed by atoms with E-state index in [1.54, 1.807) is 0 Å². The average Bonchev–Trinajstić information content (AvgIpc) is 2.68. The Labute approximate surface area is 178 Å². The third kappa shape index (κ3) is 10.2. The van der Waals surface area contributed by atoms with Crippen LogP contribution in [0.25, 0.3) is 0 Å². The van der Waals surface area contributed by atoms with Crippen molar-refractivity contribution in [1.29, 1.82) is 0 Å². The molecule has 0 radical (unpaired) electrons. The summed E-state index contributed by atoms with van der Waals surface area (Å²) < 4.78 is 25.1. The van der Waals surface area contributed by atoms with Crippen LogP contribution in [0, 0.1) is 31.9 Å². The molecule has 0 aromatic heterocycles. The Bertz CT molecular complexity index is 1020. The number of nitro groups is 2. The highest BCUT2D eigenvalue weighted by Gasteiger charge is 2.15. The van der Waals surface area contributed by atoms with Crippen LogP contribution in [0.5, 0.6) is 0 Å². The van der Waals surface area contributed by atoms with E-state index in [4.69, 9.17) is 17.3 Å². The lowest BCUT2D eigenvalue weighted by Crippen LogP contribution is -2.09. The second kappa shape index (κ2) is 13.1. The first-order chi connectivity index (χ1) is 14.4.